The van der Waals surface area contributed by atoms with Crippen molar-refractivity contribution in [2.24, 2.45) is 5.92 Å². The van der Waals surface area contributed by atoms with Gasteiger partial charge in [-0.25, -0.2) is 4.79 Å². The Morgan fingerprint density at radius 1 is 1.15 bits per heavy atom. The van der Waals surface area contributed by atoms with Crippen molar-refractivity contribution in [2.75, 3.05) is 5.32 Å². The summed E-state index contributed by atoms with van der Waals surface area (Å²) in [7, 11) is 0. The second kappa shape index (κ2) is 8.38. The Morgan fingerprint density at radius 3 is 2.45 bits per heavy atom. The van der Waals surface area contributed by atoms with E-state index < -0.39 is 0 Å². The molecule has 112 valence electrons. The van der Waals surface area contributed by atoms with E-state index in [1.165, 1.54) is 6.42 Å². The Morgan fingerprint density at radius 2 is 1.85 bits per heavy atom. The molecule has 1 atom stereocenters. The first-order chi connectivity index (χ1) is 9.38. The van der Waals surface area contributed by atoms with Gasteiger partial charge in [-0.3, -0.25) is 0 Å². The maximum atomic E-state index is 11.8. The average Bonchev–Trinajstić information content (AvgIpc) is 2.33. The lowest BCUT2D eigenvalue weighted by molar-refractivity contribution is 0.248. The maximum absolute atomic E-state index is 11.8. The van der Waals surface area contributed by atoms with E-state index in [1.54, 1.807) is 18.2 Å². The standard InChI is InChI=1S/C15H22Cl2N2O/c1-10(2)5-4-6-11(3)18-15(20)19-12-7-8-13(16)14(17)9-12/h7-11H,4-6H2,1-3H3,(H2,18,19,20)/t11-/m1/s1. The van der Waals surface area contributed by atoms with Crippen LogP contribution in [0.1, 0.15) is 40.0 Å². The normalized spacial score (nSPS) is 12.3. The Hall–Kier alpha value is -0.930. The van der Waals surface area contributed by atoms with Gasteiger partial charge in [0.05, 0.1) is 10.0 Å². The van der Waals surface area contributed by atoms with Gasteiger partial charge in [0.15, 0.2) is 0 Å². The zero-order chi connectivity index (χ0) is 15.1. The molecule has 0 unspecified atom stereocenters. The summed E-state index contributed by atoms with van der Waals surface area (Å²) >= 11 is 11.7. The highest BCUT2D eigenvalue weighted by Gasteiger charge is 2.08. The minimum atomic E-state index is -0.222. The van der Waals surface area contributed by atoms with Crippen molar-refractivity contribution in [1.82, 2.24) is 5.32 Å². The predicted octanol–water partition coefficient (Wildman–Crippen LogP) is 5.33. The number of nitrogens with one attached hydrogen (secondary N) is 2. The van der Waals surface area contributed by atoms with Crippen molar-refractivity contribution in [2.45, 2.75) is 46.1 Å². The zero-order valence-electron chi connectivity index (χ0n) is 12.2. The highest BCUT2D eigenvalue weighted by molar-refractivity contribution is 6.42. The Kier molecular flexibility index (Phi) is 7.17. The Bertz CT molecular complexity index is 449. The molecular formula is C15H22Cl2N2O. The van der Waals surface area contributed by atoms with E-state index in [2.05, 4.69) is 24.5 Å². The highest BCUT2D eigenvalue weighted by atomic mass is 35.5. The van der Waals surface area contributed by atoms with Gasteiger partial charge in [-0.1, -0.05) is 49.9 Å². The van der Waals surface area contributed by atoms with Crippen LogP contribution >= 0.6 is 23.2 Å². The number of carbonyl (C=O) groups excluding carboxylic acids is 1. The molecule has 1 rings (SSSR count). The molecule has 0 fully saturated rings. The van der Waals surface area contributed by atoms with Crippen molar-refractivity contribution >= 4 is 34.9 Å². The number of urea groups is 1. The number of anilines is 1. The molecule has 0 aliphatic rings. The van der Waals surface area contributed by atoms with Crippen molar-refractivity contribution in [3.8, 4) is 0 Å². The molecule has 5 heteroatoms. The Balaban J connectivity index is 2.37. The number of benzene rings is 1. The van der Waals surface area contributed by atoms with Gasteiger partial charge >= 0.3 is 6.03 Å². The second-order valence-electron chi connectivity index (χ2n) is 5.45. The predicted molar refractivity (Wildman–Crippen MR) is 86.8 cm³/mol. The smallest absolute Gasteiger partial charge is 0.319 e. The first-order valence-corrected chi connectivity index (χ1v) is 7.66. The molecule has 0 spiro atoms. The minimum absolute atomic E-state index is 0.150. The first kappa shape index (κ1) is 17.1. The molecule has 0 aromatic heterocycles. The number of rotatable bonds is 6. The van der Waals surface area contributed by atoms with E-state index in [-0.39, 0.29) is 12.1 Å². The quantitative estimate of drug-likeness (QED) is 0.731. The largest absolute Gasteiger partial charge is 0.335 e. The summed E-state index contributed by atoms with van der Waals surface area (Å²) in [6.45, 7) is 6.42. The molecule has 0 aliphatic heterocycles. The molecule has 20 heavy (non-hydrogen) atoms. The zero-order valence-corrected chi connectivity index (χ0v) is 13.7. The third-order valence-corrected chi connectivity index (χ3v) is 3.71. The molecule has 0 radical (unpaired) electrons. The fourth-order valence-corrected chi connectivity index (χ4v) is 2.17. The lowest BCUT2D eigenvalue weighted by Gasteiger charge is -2.15. The number of carbonyl (C=O) groups is 1. The van der Waals surface area contributed by atoms with E-state index in [0.29, 0.717) is 21.7 Å². The van der Waals surface area contributed by atoms with Gasteiger partial charge in [0.1, 0.15) is 0 Å². The summed E-state index contributed by atoms with van der Waals surface area (Å²) in [4.78, 5) is 11.8. The number of hydrogen-bond donors (Lipinski definition) is 2. The second-order valence-corrected chi connectivity index (χ2v) is 6.27. The molecule has 1 aromatic rings. The molecule has 2 amide bonds. The lowest BCUT2D eigenvalue weighted by atomic mass is 10.0. The summed E-state index contributed by atoms with van der Waals surface area (Å²) in [5, 5.41) is 6.55. The maximum Gasteiger partial charge on any atom is 0.319 e. The molecule has 0 saturated carbocycles. The lowest BCUT2D eigenvalue weighted by Crippen LogP contribution is -2.36. The number of hydrogen-bond acceptors (Lipinski definition) is 1. The van der Waals surface area contributed by atoms with Crippen molar-refractivity contribution in [3.63, 3.8) is 0 Å². The third kappa shape index (κ3) is 6.49. The summed E-state index contributed by atoms with van der Waals surface area (Å²) in [6, 6.07) is 4.94. The van der Waals surface area contributed by atoms with Crippen LogP contribution < -0.4 is 10.6 Å². The third-order valence-electron chi connectivity index (χ3n) is 2.97. The van der Waals surface area contributed by atoms with Gasteiger partial charge in [-0.2, -0.15) is 0 Å². The molecule has 1 aromatic carbocycles. The highest BCUT2D eigenvalue weighted by Crippen LogP contribution is 2.24. The molecular weight excluding hydrogens is 295 g/mol. The molecule has 3 nitrogen and oxygen atoms in total. The molecule has 0 aliphatic carbocycles. The summed E-state index contributed by atoms with van der Waals surface area (Å²) in [5.41, 5.74) is 0.631. The minimum Gasteiger partial charge on any atom is -0.335 e. The van der Waals surface area contributed by atoms with Gasteiger partial charge in [-0.05, 0) is 37.5 Å². The first-order valence-electron chi connectivity index (χ1n) is 6.91. The van der Waals surface area contributed by atoms with Crippen LogP contribution in [0.2, 0.25) is 10.0 Å². The van der Waals surface area contributed by atoms with E-state index in [9.17, 15) is 4.79 Å². The van der Waals surface area contributed by atoms with Crippen molar-refractivity contribution in [1.29, 1.82) is 0 Å². The van der Waals surface area contributed by atoms with Crippen LogP contribution in [0, 0.1) is 5.92 Å². The molecule has 0 bridgehead atoms. The monoisotopic (exact) mass is 316 g/mol. The van der Waals surface area contributed by atoms with Gasteiger partial charge in [0.2, 0.25) is 0 Å². The van der Waals surface area contributed by atoms with Crippen LogP contribution in [0.4, 0.5) is 10.5 Å². The van der Waals surface area contributed by atoms with Crippen LogP contribution in [0.3, 0.4) is 0 Å². The average molecular weight is 317 g/mol. The van der Waals surface area contributed by atoms with E-state index >= 15 is 0 Å². The Labute approximate surface area is 131 Å². The van der Waals surface area contributed by atoms with E-state index in [0.717, 1.165) is 12.8 Å². The summed E-state index contributed by atoms with van der Waals surface area (Å²) in [6.07, 6.45) is 3.28. The van der Waals surface area contributed by atoms with Crippen LogP contribution in [-0.2, 0) is 0 Å². The van der Waals surface area contributed by atoms with Gasteiger partial charge in [0.25, 0.3) is 0 Å². The van der Waals surface area contributed by atoms with E-state index in [1.807, 2.05) is 6.92 Å². The summed E-state index contributed by atoms with van der Waals surface area (Å²) in [5.74, 6) is 0.701. The number of amides is 2. The van der Waals surface area contributed by atoms with E-state index in [4.69, 9.17) is 23.2 Å². The van der Waals surface area contributed by atoms with Crippen LogP contribution in [0.5, 0.6) is 0 Å². The summed E-state index contributed by atoms with van der Waals surface area (Å²) < 4.78 is 0. The van der Waals surface area contributed by atoms with Crippen molar-refractivity contribution < 1.29 is 4.79 Å². The SMILES string of the molecule is CC(C)CCC[C@@H](C)NC(=O)Nc1ccc(Cl)c(Cl)c1. The van der Waals surface area contributed by atoms with Gasteiger partial charge in [0, 0.05) is 11.7 Å². The van der Waals surface area contributed by atoms with Crippen molar-refractivity contribution in [3.05, 3.63) is 28.2 Å². The molecule has 0 saturated heterocycles. The van der Waals surface area contributed by atoms with Crippen LogP contribution in [0.25, 0.3) is 0 Å². The number of halogens is 2. The van der Waals surface area contributed by atoms with Gasteiger partial charge in [-0.15, -0.1) is 0 Å². The van der Waals surface area contributed by atoms with Crippen LogP contribution in [-0.4, -0.2) is 12.1 Å². The fourth-order valence-electron chi connectivity index (χ4n) is 1.87. The topological polar surface area (TPSA) is 41.1 Å². The van der Waals surface area contributed by atoms with Gasteiger partial charge < -0.3 is 10.6 Å². The van der Waals surface area contributed by atoms with Crippen LogP contribution in [0.15, 0.2) is 18.2 Å². The fraction of sp³-hybridized carbons (Fsp3) is 0.533. The molecule has 0 heterocycles. The molecule has 2 N–H and O–H groups in total.